The largest absolute Gasteiger partial charge is 0.335 e. The second-order valence-electron chi connectivity index (χ2n) is 4.41. The van der Waals surface area contributed by atoms with Gasteiger partial charge in [0.15, 0.2) is 5.78 Å². The van der Waals surface area contributed by atoms with Crippen LogP contribution in [-0.2, 0) is 9.59 Å². The summed E-state index contributed by atoms with van der Waals surface area (Å²) < 4.78 is 0. The molecule has 0 aliphatic carbocycles. The topological polar surface area (TPSA) is 49.4 Å². The molecule has 0 spiro atoms. The van der Waals surface area contributed by atoms with Crippen molar-refractivity contribution in [3.8, 4) is 0 Å². The zero-order valence-corrected chi connectivity index (χ0v) is 9.00. The van der Waals surface area contributed by atoms with Gasteiger partial charge in [-0.25, -0.2) is 0 Å². The van der Waals surface area contributed by atoms with Crippen molar-refractivity contribution in [1.82, 2.24) is 10.2 Å². The molecule has 0 saturated carbocycles. The smallest absolute Gasteiger partial charge is 0.223 e. The highest BCUT2D eigenvalue weighted by Gasteiger charge is 2.27. The Labute approximate surface area is 90.0 Å². The van der Waals surface area contributed by atoms with Crippen molar-refractivity contribution in [1.29, 1.82) is 0 Å². The highest BCUT2D eigenvalue weighted by Crippen LogP contribution is 2.16. The van der Waals surface area contributed by atoms with E-state index in [1.165, 1.54) is 0 Å². The van der Waals surface area contributed by atoms with Gasteiger partial charge < -0.3 is 10.2 Å². The Bertz CT molecular complexity index is 259. The molecule has 84 valence electrons. The van der Waals surface area contributed by atoms with E-state index in [0.29, 0.717) is 13.0 Å². The van der Waals surface area contributed by atoms with E-state index in [4.69, 9.17) is 0 Å². The number of ketones is 1. The number of carbonyl (C=O) groups excluding carboxylic acids is 2. The molecule has 1 N–H and O–H groups in total. The molecule has 2 heterocycles. The quantitative estimate of drug-likeness (QED) is 0.723. The van der Waals surface area contributed by atoms with Crippen LogP contribution in [0.5, 0.6) is 0 Å². The van der Waals surface area contributed by atoms with Gasteiger partial charge in [0.05, 0.1) is 6.54 Å². The number of likely N-dealkylation sites (tertiary alicyclic amines) is 1. The first kappa shape index (κ1) is 10.6. The van der Waals surface area contributed by atoms with E-state index >= 15 is 0 Å². The van der Waals surface area contributed by atoms with Crippen LogP contribution in [0.3, 0.4) is 0 Å². The summed E-state index contributed by atoms with van der Waals surface area (Å²) >= 11 is 0. The molecule has 0 aromatic carbocycles. The fourth-order valence-electron chi connectivity index (χ4n) is 2.33. The Hall–Kier alpha value is -0.900. The summed E-state index contributed by atoms with van der Waals surface area (Å²) in [5.74, 6) is 0.587. The van der Waals surface area contributed by atoms with Crippen LogP contribution in [0.4, 0.5) is 0 Å². The molecule has 2 saturated heterocycles. The predicted octanol–water partition coefficient (Wildman–Crippen LogP) is 0.178. The highest BCUT2D eigenvalue weighted by molar-refractivity contribution is 5.88. The Kier molecular flexibility index (Phi) is 3.36. The van der Waals surface area contributed by atoms with Crippen LogP contribution in [0.15, 0.2) is 0 Å². The molecular formula is C11H18N2O2. The summed E-state index contributed by atoms with van der Waals surface area (Å²) in [5, 5.41) is 3.24. The lowest BCUT2D eigenvalue weighted by Gasteiger charge is -2.23. The monoisotopic (exact) mass is 210 g/mol. The summed E-state index contributed by atoms with van der Waals surface area (Å²) in [4.78, 5) is 24.9. The molecule has 4 heteroatoms. The number of rotatable bonds is 3. The van der Waals surface area contributed by atoms with Gasteiger partial charge in [-0.05, 0) is 32.4 Å². The second-order valence-corrected chi connectivity index (χ2v) is 4.41. The zero-order chi connectivity index (χ0) is 10.7. The van der Waals surface area contributed by atoms with Crippen LogP contribution in [0.2, 0.25) is 0 Å². The Morgan fingerprint density at radius 2 is 2.13 bits per heavy atom. The molecule has 15 heavy (non-hydrogen) atoms. The maximum absolute atomic E-state index is 11.9. The molecule has 1 amide bonds. The van der Waals surface area contributed by atoms with Crippen LogP contribution in [0, 0.1) is 5.92 Å². The molecule has 0 atom stereocenters. The lowest BCUT2D eigenvalue weighted by atomic mass is 9.93. The number of nitrogens with zero attached hydrogens (tertiary/aromatic N) is 1. The zero-order valence-electron chi connectivity index (χ0n) is 9.00. The maximum Gasteiger partial charge on any atom is 0.223 e. The average molecular weight is 210 g/mol. The minimum absolute atomic E-state index is 0.150. The first-order valence-corrected chi connectivity index (χ1v) is 5.78. The Balaban J connectivity index is 1.82. The van der Waals surface area contributed by atoms with Gasteiger partial charge in [-0.3, -0.25) is 9.59 Å². The molecule has 4 nitrogen and oxygen atoms in total. The van der Waals surface area contributed by atoms with E-state index in [-0.39, 0.29) is 17.6 Å². The molecule has 0 aromatic rings. The summed E-state index contributed by atoms with van der Waals surface area (Å²) in [5.41, 5.74) is 0. The third-order valence-corrected chi connectivity index (χ3v) is 3.31. The van der Waals surface area contributed by atoms with E-state index in [1.54, 1.807) is 4.90 Å². The molecule has 2 rings (SSSR count). The van der Waals surface area contributed by atoms with E-state index in [0.717, 1.165) is 38.9 Å². The van der Waals surface area contributed by atoms with Gasteiger partial charge in [0.1, 0.15) is 0 Å². The first-order valence-electron chi connectivity index (χ1n) is 5.78. The number of carbonyl (C=O) groups is 2. The number of piperidine rings is 1. The van der Waals surface area contributed by atoms with Crippen molar-refractivity contribution in [2.75, 3.05) is 26.2 Å². The van der Waals surface area contributed by atoms with Gasteiger partial charge in [0.2, 0.25) is 5.91 Å². The molecule has 0 aromatic heterocycles. The van der Waals surface area contributed by atoms with Crippen molar-refractivity contribution in [2.45, 2.75) is 25.7 Å². The van der Waals surface area contributed by atoms with E-state index in [9.17, 15) is 9.59 Å². The van der Waals surface area contributed by atoms with Gasteiger partial charge in [0, 0.05) is 18.9 Å². The third kappa shape index (κ3) is 2.56. The standard InChI is InChI=1S/C11H18N2O2/c14-10(9-3-5-12-6-4-9)8-13-7-1-2-11(13)15/h9,12H,1-8H2. The van der Waals surface area contributed by atoms with Gasteiger partial charge in [0.25, 0.3) is 0 Å². The van der Waals surface area contributed by atoms with Crippen LogP contribution < -0.4 is 5.32 Å². The number of amides is 1. The lowest BCUT2D eigenvalue weighted by molar-refractivity contribution is -0.134. The minimum Gasteiger partial charge on any atom is -0.335 e. The summed E-state index contributed by atoms with van der Waals surface area (Å²) in [6.45, 7) is 2.99. The molecule has 0 radical (unpaired) electrons. The first-order chi connectivity index (χ1) is 7.27. The van der Waals surface area contributed by atoms with E-state index in [1.807, 2.05) is 0 Å². The predicted molar refractivity (Wildman–Crippen MR) is 56.4 cm³/mol. The number of Topliss-reactive ketones (excluding diaryl/α,β-unsaturated/α-hetero) is 1. The van der Waals surface area contributed by atoms with Crippen LogP contribution >= 0.6 is 0 Å². The third-order valence-electron chi connectivity index (χ3n) is 3.31. The Morgan fingerprint density at radius 3 is 2.73 bits per heavy atom. The van der Waals surface area contributed by atoms with Crippen LogP contribution in [0.1, 0.15) is 25.7 Å². The maximum atomic E-state index is 11.9. The van der Waals surface area contributed by atoms with Crippen LogP contribution in [0.25, 0.3) is 0 Å². The van der Waals surface area contributed by atoms with E-state index in [2.05, 4.69) is 5.32 Å². The number of hydrogen-bond donors (Lipinski definition) is 1. The fourth-order valence-corrected chi connectivity index (χ4v) is 2.33. The molecule has 2 fully saturated rings. The fraction of sp³-hybridized carbons (Fsp3) is 0.818. The van der Waals surface area contributed by atoms with Gasteiger partial charge in [-0.15, -0.1) is 0 Å². The van der Waals surface area contributed by atoms with Gasteiger partial charge in [-0.1, -0.05) is 0 Å². The SMILES string of the molecule is O=C(CN1CCCC1=O)C1CCNCC1. The van der Waals surface area contributed by atoms with Gasteiger partial charge in [-0.2, -0.15) is 0 Å². The van der Waals surface area contributed by atoms with Crippen molar-refractivity contribution >= 4 is 11.7 Å². The van der Waals surface area contributed by atoms with Crippen molar-refractivity contribution in [3.05, 3.63) is 0 Å². The number of nitrogens with one attached hydrogen (secondary N) is 1. The lowest BCUT2D eigenvalue weighted by Crippen LogP contribution is -2.38. The Morgan fingerprint density at radius 1 is 1.40 bits per heavy atom. The van der Waals surface area contributed by atoms with Gasteiger partial charge >= 0.3 is 0 Å². The molecule has 0 bridgehead atoms. The van der Waals surface area contributed by atoms with Crippen molar-refractivity contribution in [3.63, 3.8) is 0 Å². The van der Waals surface area contributed by atoms with Crippen molar-refractivity contribution < 1.29 is 9.59 Å². The second kappa shape index (κ2) is 4.75. The summed E-state index contributed by atoms with van der Waals surface area (Å²) in [7, 11) is 0. The van der Waals surface area contributed by atoms with Crippen molar-refractivity contribution in [2.24, 2.45) is 5.92 Å². The van der Waals surface area contributed by atoms with E-state index < -0.39 is 0 Å². The summed E-state index contributed by atoms with van der Waals surface area (Å²) in [6.07, 6.45) is 3.40. The molecular weight excluding hydrogens is 192 g/mol. The minimum atomic E-state index is 0.150. The normalized spacial score (nSPS) is 23.5. The highest BCUT2D eigenvalue weighted by atomic mass is 16.2. The molecule has 0 unspecified atom stereocenters. The summed E-state index contributed by atoms with van der Waals surface area (Å²) in [6, 6.07) is 0. The average Bonchev–Trinajstić information content (AvgIpc) is 2.66. The number of hydrogen-bond acceptors (Lipinski definition) is 3. The molecule has 2 aliphatic heterocycles. The van der Waals surface area contributed by atoms with Crippen LogP contribution in [-0.4, -0.2) is 42.8 Å². The molecule has 2 aliphatic rings.